The van der Waals surface area contributed by atoms with Gasteiger partial charge in [0.15, 0.2) is 11.6 Å². The van der Waals surface area contributed by atoms with Gasteiger partial charge in [0.1, 0.15) is 0 Å². The Labute approximate surface area is 115 Å². The van der Waals surface area contributed by atoms with Crippen molar-refractivity contribution in [3.63, 3.8) is 0 Å². The SMILES string of the molecule is Fc1cccc(CNCc2c[nH]c3ccccc23)c1F. The number of halogens is 2. The molecule has 0 saturated carbocycles. The molecular formula is C16H14F2N2. The van der Waals surface area contributed by atoms with Crippen LogP contribution < -0.4 is 5.32 Å². The Hall–Kier alpha value is -2.20. The molecule has 2 nitrogen and oxygen atoms in total. The number of benzene rings is 2. The van der Waals surface area contributed by atoms with E-state index in [0.29, 0.717) is 18.7 Å². The number of rotatable bonds is 4. The lowest BCUT2D eigenvalue weighted by Gasteiger charge is -2.06. The van der Waals surface area contributed by atoms with E-state index >= 15 is 0 Å². The maximum absolute atomic E-state index is 13.5. The van der Waals surface area contributed by atoms with Crippen LogP contribution in [-0.4, -0.2) is 4.98 Å². The average Bonchev–Trinajstić information content (AvgIpc) is 2.87. The van der Waals surface area contributed by atoms with Gasteiger partial charge in [-0.25, -0.2) is 8.78 Å². The number of fused-ring (bicyclic) bond motifs is 1. The summed E-state index contributed by atoms with van der Waals surface area (Å²) in [5.74, 6) is -1.59. The van der Waals surface area contributed by atoms with Gasteiger partial charge in [-0.2, -0.15) is 0 Å². The zero-order valence-electron chi connectivity index (χ0n) is 10.8. The minimum Gasteiger partial charge on any atom is -0.361 e. The molecule has 20 heavy (non-hydrogen) atoms. The van der Waals surface area contributed by atoms with Gasteiger partial charge >= 0.3 is 0 Å². The highest BCUT2D eigenvalue weighted by Gasteiger charge is 2.07. The summed E-state index contributed by atoms with van der Waals surface area (Å²) in [4.78, 5) is 3.18. The van der Waals surface area contributed by atoms with Crippen molar-refractivity contribution in [2.45, 2.75) is 13.1 Å². The van der Waals surface area contributed by atoms with Gasteiger partial charge in [-0.05, 0) is 17.7 Å². The predicted molar refractivity (Wildman–Crippen MR) is 75.2 cm³/mol. The second-order valence-electron chi connectivity index (χ2n) is 4.68. The summed E-state index contributed by atoms with van der Waals surface area (Å²) >= 11 is 0. The molecule has 0 saturated heterocycles. The van der Waals surface area contributed by atoms with Gasteiger partial charge < -0.3 is 10.3 Å². The molecule has 3 rings (SSSR count). The van der Waals surface area contributed by atoms with Crippen LogP contribution in [0.3, 0.4) is 0 Å². The topological polar surface area (TPSA) is 27.8 Å². The Balaban J connectivity index is 1.70. The van der Waals surface area contributed by atoms with Crippen LogP contribution >= 0.6 is 0 Å². The Kier molecular flexibility index (Phi) is 3.48. The first-order chi connectivity index (χ1) is 9.75. The monoisotopic (exact) mass is 272 g/mol. The fraction of sp³-hybridized carbons (Fsp3) is 0.125. The molecule has 0 spiro atoms. The summed E-state index contributed by atoms with van der Waals surface area (Å²) in [5.41, 5.74) is 2.52. The van der Waals surface area contributed by atoms with Crippen molar-refractivity contribution in [3.8, 4) is 0 Å². The summed E-state index contributed by atoms with van der Waals surface area (Å²) in [6.07, 6.45) is 1.93. The molecule has 2 aromatic carbocycles. The highest BCUT2D eigenvalue weighted by Crippen LogP contribution is 2.17. The van der Waals surface area contributed by atoms with E-state index in [9.17, 15) is 8.78 Å². The summed E-state index contributed by atoms with van der Waals surface area (Å²) in [7, 11) is 0. The van der Waals surface area contributed by atoms with E-state index in [1.165, 1.54) is 6.07 Å². The minimum atomic E-state index is -0.809. The van der Waals surface area contributed by atoms with Crippen molar-refractivity contribution in [2.24, 2.45) is 0 Å². The lowest BCUT2D eigenvalue weighted by molar-refractivity contribution is 0.493. The van der Waals surface area contributed by atoms with Gasteiger partial charge in [0.2, 0.25) is 0 Å². The van der Waals surface area contributed by atoms with Gasteiger partial charge in [0, 0.05) is 35.8 Å². The molecule has 2 N–H and O–H groups in total. The first kappa shape index (κ1) is 12.8. The number of nitrogens with one attached hydrogen (secondary N) is 2. The number of hydrogen-bond donors (Lipinski definition) is 2. The maximum atomic E-state index is 13.5. The van der Waals surface area contributed by atoms with Crippen molar-refractivity contribution >= 4 is 10.9 Å². The third-order valence-corrected chi connectivity index (χ3v) is 3.34. The zero-order valence-corrected chi connectivity index (χ0v) is 10.8. The summed E-state index contributed by atoms with van der Waals surface area (Å²) < 4.78 is 26.6. The lowest BCUT2D eigenvalue weighted by Crippen LogP contribution is -2.14. The molecule has 1 aromatic heterocycles. The molecule has 0 bridgehead atoms. The Morgan fingerprint density at radius 2 is 1.70 bits per heavy atom. The molecule has 0 amide bonds. The van der Waals surface area contributed by atoms with Crippen molar-refractivity contribution in [2.75, 3.05) is 0 Å². The third-order valence-electron chi connectivity index (χ3n) is 3.34. The van der Waals surface area contributed by atoms with Crippen LogP contribution in [0.2, 0.25) is 0 Å². The van der Waals surface area contributed by atoms with Gasteiger partial charge in [-0.3, -0.25) is 0 Å². The largest absolute Gasteiger partial charge is 0.361 e. The summed E-state index contributed by atoms with van der Waals surface area (Å²) in [6.45, 7) is 0.892. The van der Waals surface area contributed by atoms with Crippen LogP contribution in [-0.2, 0) is 13.1 Å². The zero-order chi connectivity index (χ0) is 13.9. The molecule has 0 unspecified atom stereocenters. The van der Waals surface area contributed by atoms with Crippen LogP contribution in [0.5, 0.6) is 0 Å². The molecule has 0 aliphatic rings. The van der Waals surface area contributed by atoms with Crippen LogP contribution in [0.25, 0.3) is 10.9 Å². The van der Waals surface area contributed by atoms with E-state index in [1.54, 1.807) is 6.07 Å². The Bertz CT molecular complexity index is 734. The molecular weight excluding hydrogens is 258 g/mol. The summed E-state index contributed by atoms with van der Waals surface area (Å²) in [5, 5.41) is 4.28. The lowest BCUT2D eigenvalue weighted by atomic mass is 10.1. The highest BCUT2D eigenvalue weighted by atomic mass is 19.2. The Morgan fingerprint density at radius 1 is 0.900 bits per heavy atom. The molecule has 0 fully saturated rings. The smallest absolute Gasteiger partial charge is 0.163 e. The molecule has 102 valence electrons. The van der Waals surface area contributed by atoms with E-state index in [0.717, 1.165) is 22.5 Å². The van der Waals surface area contributed by atoms with Crippen LogP contribution in [0, 0.1) is 11.6 Å². The van der Waals surface area contributed by atoms with E-state index in [4.69, 9.17) is 0 Å². The second-order valence-corrected chi connectivity index (χ2v) is 4.68. The van der Waals surface area contributed by atoms with Crippen molar-refractivity contribution in [3.05, 3.63) is 71.4 Å². The van der Waals surface area contributed by atoms with E-state index < -0.39 is 11.6 Å². The number of aromatic nitrogens is 1. The van der Waals surface area contributed by atoms with E-state index in [1.807, 2.05) is 30.5 Å². The summed E-state index contributed by atoms with van der Waals surface area (Å²) in [6, 6.07) is 12.2. The normalized spacial score (nSPS) is 11.1. The van der Waals surface area contributed by atoms with Crippen molar-refractivity contribution in [1.29, 1.82) is 0 Å². The Morgan fingerprint density at radius 3 is 2.60 bits per heavy atom. The van der Waals surface area contributed by atoms with Crippen LogP contribution in [0.4, 0.5) is 8.78 Å². The van der Waals surface area contributed by atoms with E-state index in [2.05, 4.69) is 10.3 Å². The molecule has 0 aliphatic carbocycles. The maximum Gasteiger partial charge on any atom is 0.163 e. The predicted octanol–water partition coefficient (Wildman–Crippen LogP) is 3.74. The molecule has 0 aliphatic heterocycles. The quantitative estimate of drug-likeness (QED) is 0.744. The fourth-order valence-electron chi connectivity index (χ4n) is 2.29. The fourth-order valence-corrected chi connectivity index (χ4v) is 2.29. The van der Waals surface area contributed by atoms with Gasteiger partial charge in [-0.1, -0.05) is 30.3 Å². The second kappa shape index (κ2) is 5.43. The molecule has 3 aromatic rings. The molecule has 0 atom stereocenters. The average molecular weight is 272 g/mol. The van der Waals surface area contributed by atoms with E-state index in [-0.39, 0.29) is 0 Å². The van der Waals surface area contributed by atoms with Gasteiger partial charge in [-0.15, -0.1) is 0 Å². The minimum absolute atomic E-state index is 0.295. The highest BCUT2D eigenvalue weighted by molar-refractivity contribution is 5.82. The molecule has 1 heterocycles. The molecule has 4 heteroatoms. The first-order valence-corrected chi connectivity index (χ1v) is 6.44. The van der Waals surface area contributed by atoms with Crippen LogP contribution in [0.15, 0.2) is 48.7 Å². The van der Waals surface area contributed by atoms with Crippen molar-refractivity contribution < 1.29 is 8.78 Å². The first-order valence-electron chi connectivity index (χ1n) is 6.44. The van der Waals surface area contributed by atoms with Crippen LogP contribution in [0.1, 0.15) is 11.1 Å². The van der Waals surface area contributed by atoms with Gasteiger partial charge in [0.25, 0.3) is 0 Å². The number of para-hydroxylation sites is 1. The number of H-pyrrole nitrogens is 1. The van der Waals surface area contributed by atoms with Gasteiger partial charge in [0.05, 0.1) is 0 Å². The number of aromatic amines is 1. The number of hydrogen-bond acceptors (Lipinski definition) is 1. The molecule has 0 radical (unpaired) electrons. The third kappa shape index (κ3) is 2.42. The van der Waals surface area contributed by atoms with Crippen molar-refractivity contribution in [1.82, 2.24) is 10.3 Å². The standard InChI is InChI=1S/C16H14F2N2/c17-14-6-3-4-11(16(14)18)8-19-9-12-10-20-15-7-2-1-5-13(12)15/h1-7,10,19-20H,8-9H2.